The smallest absolute Gasteiger partial charge is 0.260 e. The molecule has 0 N–H and O–H groups in total. The fourth-order valence-electron chi connectivity index (χ4n) is 3.27. The number of carbonyl (C=O) groups excluding carboxylic acids is 1. The molecule has 136 valence electrons. The minimum atomic E-state index is 0.0702. The Labute approximate surface area is 150 Å². The van der Waals surface area contributed by atoms with Crippen LogP contribution in [0.25, 0.3) is 0 Å². The molecule has 1 aromatic carbocycles. The zero-order chi connectivity index (χ0) is 17.6. The van der Waals surface area contributed by atoms with Crippen molar-refractivity contribution in [3.8, 4) is 5.75 Å². The highest BCUT2D eigenvalue weighted by molar-refractivity contribution is 5.78. The van der Waals surface area contributed by atoms with Gasteiger partial charge in [-0.05, 0) is 43.0 Å². The number of hydrogen-bond acceptors (Lipinski definition) is 4. The lowest BCUT2D eigenvalue weighted by atomic mass is 10.1. The third kappa shape index (κ3) is 4.83. The maximum atomic E-state index is 12.4. The Hall–Kier alpha value is -1.85. The van der Waals surface area contributed by atoms with Crippen molar-refractivity contribution in [1.82, 2.24) is 9.80 Å². The first-order valence-electron chi connectivity index (χ1n) is 9.08. The van der Waals surface area contributed by atoms with E-state index in [9.17, 15) is 4.79 Å². The average Bonchev–Trinajstić information content (AvgIpc) is 2.64. The molecule has 0 aromatic heterocycles. The Morgan fingerprint density at radius 1 is 1.20 bits per heavy atom. The van der Waals surface area contributed by atoms with Crippen molar-refractivity contribution in [2.75, 3.05) is 52.5 Å². The Morgan fingerprint density at radius 2 is 2.00 bits per heavy atom. The summed E-state index contributed by atoms with van der Waals surface area (Å²) in [5, 5.41) is 0. The number of amides is 1. The molecule has 2 aliphatic heterocycles. The molecule has 0 unspecified atom stereocenters. The summed E-state index contributed by atoms with van der Waals surface area (Å²) in [6.07, 6.45) is 3.31. The second-order valence-corrected chi connectivity index (χ2v) is 6.85. The molecule has 0 spiro atoms. The number of piperazine rings is 1. The summed E-state index contributed by atoms with van der Waals surface area (Å²) >= 11 is 0. The van der Waals surface area contributed by atoms with E-state index in [1.165, 1.54) is 11.1 Å². The predicted octanol–water partition coefficient (Wildman–Crippen LogP) is 2.17. The highest BCUT2D eigenvalue weighted by atomic mass is 16.5. The molecule has 3 rings (SSSR count). The van der Waals surface area contributed by atoms with Gasteiger partial charge in [-0.1, -0.05) is 18.2 Å². The molecular weight excluding hydrogens is 316 g/mol. The quantitative estimate of drug-likeness (QED) is 0.768. The lowest BCUT2D eigenvalue weighted by Gasteiger charge is -2.35. The number of nitrogens with zero attached hydrogens (tertiary/aromatic N) is 2. The average molecular weight is 344 g/mol. The minimum absolute atomic E-state index is 0.0702. The van der Waals surface area contributed by atoms with Crippen molar-refractivity contribution >= 4 is 5.91 Å². The lowest BCUT2D eigenvalue weighted by Crippen LogP contribution is -2.50. The summed E-state index contributed by atoms with van der Waals surface area (Å²) in [4.78, 5) is 16.7. The van der Waals surface area contributed by atoms with Crippen molar-refractivity contribution in [3.05, 3.63) is 41.0 Å². The Balaban J connectivity index is 1.43. The van der Waals surface area contributed by atoms with Gasteiger partial charge in [-0.15, -0.1) is 0 Å². The molecule has 0 atom stereocenters. The van der Waals surface area contributed by atoms with Gasteiger partial charge < -0.3 is 14.4 Å². The molecule has 1 aromatic rings. The third-order valence-electron chi connectivity index (χ3n) is 5.04. The van der Waals surface area contributed by atoms with Crippen LogP contribution in [-0.4, -0.2) is 68.3 Å². The van der Waals surface area contributed by atoms with Gasteiger partial charge in [0, 0.05) is 32.7 Å². The van der Waals surface area contributed by atoms with Crippen LogP contribution in [0.2, 0.25) is 0 Å². The van der Waals surface area contributed by atoms with Gasteiger partial charge in [0.05, 0.1) is 13.2 Å². The molecule has 2 aliphatic rings. The Bertz CT molecular complexity index is 634. The first-order chi connectivity index (χ1) is 12.1. The van der Waals surface area contributed by atoms with Crippen LogP contribution in [0.4, 0.5) is 0 Å². The van der Waals surface area contributed by atoms with Crippen molar-refractivity contribution < 1.29 is 14.3 Å². The molecule has 5 heteroatoms. The van der Waals surface area contributed by atoms with Crippen LogP contribution >= 0.6 is 0 Å². The van der Waals surface area contributed by atoms with Crippen molar-refractivity contribution in [2.45, 2.75) is 20.3 Å². The van der Waals surface area contributed by atoms with E-state index in [0.717, 1.165) is 63.7 Å². The van der Waals surface area contributed by atoms with Crippen molar-refractivity contribution in [2.24, 2.45) is 0 Å². The minimum Gasteiger partial charge on any atom is -0.483 e. The largest absolute Gasteiger partial charge is 0.483 e. The van der Waals surface area contributed by atoms with Crippen LogP contribution < -0.4 is 4.74 Å². The highest BCUT2D eigenvalue weighted by Gasteiger charge is 2.22. The molecular formula is C20H28N2O3. The SMILES string of the molecule is Cc1cccc(OCC(=O)N2CCN(CC3=CCCOC3)CC2)c1C. The third-order valence-corrected chi connectivity index (χ3v) is 5.04. The van der Waals surface area contributed by atoms with E-state index in [2.05, 4.69) is 24.0 Å². The predicted molar refractivity (Wildman–Crippen MR) is 98.0 cm³/mol. The maximum absolute atomic E-state index is 12.4. The molecule has 2 heterocycles. The van der Waals surface area contributed by atoms with Crippen LogP contribution in [0.15, 0.2) is 29.8 Å². The van der Waals surface area contributed by atoms with Crippen LogP contribution in [0.5, 0.6) is 5.75 Å². The number of benzene rings is 1. The fraction of sp³-hybridized carbons (Fsp3) is 0.550. The van der Waals surface area contributed by atoms with E-state index >= 15 is 0 Å². The van der Waals surface area contributed by atoms with Crippen LogP contribution in [0.1, 0.15) is 17.5 Å². The number of ether oxygens (including phenoxy) is 2. The number of hydrogen-bond donors (Lipinski definition) is 0. The van der Waals surface area contributed by atoms with Crippen molar-refractivity contribution in [3.63, 3.8) is 0 Å². The second-order valence-electron chi connectivity index (χ2n) is 6.85. The molecule has 5 nitrogen and oxygen atoms in total. The normalized spacial score (nSPS) is 18.8. The summed E-state index contributed by atoms with van der Waals surface area (Å²) in [5.41, 5.74) is 3.65. The van der Waals surface area contributed by atoms with E-state index < -0.39 is 0 Å². The number of aryl methyl sites for hydroxylation is 1. The summed E-state index contributed by atoms with van der Waals surface area (Å²) in [7, 11) is 0. The first kappa shape index (κ1) is 18.0. The standard InChI is InChI=1S/C20H28N2O3/c1-16-5-3-7-19(17(16)2)25-15-20(23)22-10-8-21(9-11-22)13-18-6-4-12-24-14-18/h3,5-7H,4,8-15H2,1-2H3. The van der Waals surface area contributed by atoms with Gasteiger partial charge >= 0.3 is 0 Å². The highest BCUT2D eigenvalue weighted by Crippen LogP contribution is 2.20. The molecule has 0 saturated carbocycles. The van der Waals surface area contributed by atoms with Gasteiger partial charge in [-0.2, -0.15) is 0 Å². The molecule has 1 fully saturated rings. The zero-order valence-electron chi connectivity index (χ0n) is 15.3. The Kier molecular flexibility index (Phi) is 6.10. The van der Waals surface area contributed by atoms with Gasteiger partial charge in [-0.3, -0.25) is 9.69 Å². The van der Waals surface area contributed by atoms with Gasteiger partial charge in [-0.25, -0.2) is 0 Å². The van der Waals surface area contributed by atoms with Crippen LogP contribution in [0, 0.1) is 13.8 Å². The zero-order valence-corrected chi connectivity index (χ0v) is 15.3. The summed E-state index contributed by atoms with van der Waals surface area (Å²) < 4.78 is 11.2. The van der Waals surface area contributed by atoms with Gasteiger partial charge in [0.1, 0.15) is 5.75 Å². The van der Waals surface area contributed by atoms with Crippen molar-refractivity contribution in [1.29, 1.82) is 0 Å². The van der Waals surface area contributed by atoms with Crippen LogP contribution in [-0.2, 0) is 9.53 Å². The summed E-state index contributed by atoms with van der Waals surface area (Å²) in [6, 6.07) is 5.94. The Morgan fingerprint density at radius 3 is 2.72 bits per heavy atom. The summed E-state index contributed by atoms with van der Waals surface area (Å²) in [5.74, 6) is 0.872. The molecule has 0 aliphatic carbocycles. The first-order valence-corrected chi connectivity index (χ1v) is 9.08. The van der Waals surface area contributed by atoms with Gasteiger partial charge in [0.15, 0.2) is 6.61 Å². The molecule has 1 amide bonds. The van der Waals surface area contributed by atoms with E-state index in [1.54, 1.807) is 0 Å². The molecule has 1 saturated heterocycles. The number of rotatable bonds is 5. The number of carbonyl (C=O) groups is 1. The fourth-order valence-corrected chi connectivity index (χ4v) is 3.27. The monoisotopic (exact) mass is 344 g/mol. The van der Waals surface area contributed by atoms with E-state index in [-0.39, 0.29) is 12.5 Å². The van der Waals surface area contributed by atoms with E-state index in [0.29, 0.717) is 0 Å². The molecule has 25 heavy (non-hydrogen) atoms. The maximum Gasteiger partial charge on any atom is 0.260 e. The van der Waals surface area contributed by atoms with Gasteiger partial charge in [0.25, 0.3) is 5.91 Å². The van der Waals surface area contributed by atoms with Gasteiger partial charge in [0.2, 0.25) is 0 Å². The summed E-state index contributed by atoms with van der Waals surface area (Å²) in [6.45, 7) is 10.1. The molecule has 0 radical (unpaired) electrons. The van der Waals surface area contributed by atoms with E-state index in [1.807, 2.05) is 24.0 Å². The molecule has 0 bridgehead atoms. The lowest BCUT2D eigenvalue weighted by molar-refractivity contribution is -0.135. The van der Waals surface area contributed by atoms with Crippen LogP contribution in [0.3, 0.4) is 0 Å². The second kappa shape index (κ2) is 8.50. The topological polar surface area (TPSA) is 42.0 Å². The van der Waals surface area contributed by atoms with E-state index in [4.69, 9.17) is 9.47 Å².